The van der Waals surface area contributed by atoms with Gasteiger partial charge in [-0.1, -0.05) is 11.6 Å². The van der Waals surface area contributed by atoms with Gasteiger partial charge in [-0.05, 0) is 49.2 Å². The summed E-state index contributed by atoms with van der Waals surface area (Å²) in [4.78, 5) is 30.8. The van der Waals surface area contributed by atoms with E-state index in [-0.39, 0.29) is 35.0 Å². The second-order valence-corrected chi connectivity index (χ2v) is 9.08. The molecule has 37 heavy (non-hydrogen) atoms. The van der Waals surface area contributed by atoms with Gasteiger partial charge in [0.2, 0.25) is 11.8 Å². The zero-order valence-corrected chi connectivity index (χ0v) is 20.2. The number of ether oxygens (including phenoxy) is 1. The van der Waals surface area contributed by atoms with E-state index in [0.29, 0.717) is 11.4 Å². The summed E-state index contributed by atoms with van der Waals surface area (Å²) in [6, 6.07) is 10.5. The zero-order valence-electron chi connectivity index (χ0n) is 19.5. The van der Waals surface area contributed by atoms with E-state index >= 15 is 4.39 Å². The van der Waals surface area contributed by atoms with Crippen LogP contribution in [0.5, 0.6) is 11.5 Å². The van der Waals surface area contributed by atoms with Crippen LogP contribution < -0.4 is 15.4 Å². The van der Waals surface area contributed by atoms with Gasteiger partial charge in [0.1, 0.15) is 22.7 Å². The Bertz CT molecular complexity index is 1540. The van der Waals surface area contributed by atoms with Crippen LogP contribution in [0.3, 0.4) is 0 Å². The Morgan fingerprint density at radius 3 is 2.43 bits per heavy atom. The van der Waals surface area contributed by atoms with Gasteiger partial charge in [-0.25, -0.2) is 8.78 Å². The normalized spacial score (nSPS) is 13.7. The Kier molecular flexibility index (Phi) is 6.12. The van der Waals surface area contributed by atoms with Gasteiger partial charge in [-0.2, -0.15) is 5.10 Å². The van der Waals surface area contributed by atoms with Crippen molar-refractivity contribution in [3.63, 3.8) is 0 Å². The van der Waals surface area contributed by atoms with Gasteiger partial charge in [0, 0.05) is 37.1 Å². The smallest absolute Gasteiger partial charge is 0.247 e. The molecule has 2 aromatic carbocycles. The van der Waals surface area contributed by atoms with Crippen molar-refractivity contribution in [1.29, 1.82) is 0 Å². The molecule has 2 aromatic heterocycles. The standard InChI is InChI=1S/C26H20ClF2N5O3/c1-33-14-15(13-32-33)21-12-18(6-9-31-21)37-17-3-5-23(20(29)11-17)34(22-4-2-16(28)10-19(22)27)25(36)26(7-8-26)24(30)35/h2-6,9-14H,7-8H2,1H3,(H2,30,35). The Morgan fingerprint density at radius 2 is 1.81 bits per heavy atom. The topological polar surface area (TPSA) is 103 Å². The molecule has 1 fully saturated rings. The van der Waals surface area contributed by atoms with Gasteiger partial charge < -0.3 is 10.5 Å². The molecule has 0 bridgehead atoms. The summed E-state index contributed by atoms with van der Waals surface area (Å²) in [5.41, 5.74) is 5.24. The first-order valence-electron chi connectivity index (χ1n) is 11.2. The number of amides is 2. The highest BCUT2D eigenvalue weighted by Gasteiger charge is 2.57. The average Bonchev–Trinajstić information content (AvgIpc) is 3.57. The maximum Gasteiger partial charge on any atom is 0.247 e. The number of rotatable bonds is 7. The minimum absolute atomic E-state index is 0.0170. The molecule has 0 radical (unpaired) electrons. The number of hydrogen-bond acceptors (Lipinski definition) is 5. The molecule has 0 unspecified atom stereocenters. The van der Waals surface area contributed by atoms with E-state index in [9.17, 15) is 14.0 Å². The predicted octanol–water partition coefficient (Wildman–Crippen LogP) is 5.14. The fourth-order valence-corrected chi connectivity index (χ4v) is 4.22. The van der Waals surface area contributed by atoms with Crippen molar-refractivity contribution in [1.82, 2.24) is 14.8 Å². The van der Waals surface area contributed by atoms with E-state index < -0.39 is 28.9 Å². The molecule has 1 saturated carbocycles. The molecule has 5 rings (SSSR count). The maximum atomic E-state index is 15.5. The molecule has 0 aliphatic heterocycles. The van der Waals surface area contributed by atoms with Gasteiger partial charge in [-0.15, -0.1) is 0 Å². The maximum absolute atomic E-state index is 15.5. The van der Waals surface area contributed by atoms with Crippen LogP contribution in [-0.4, -0.2) is 26.6 Å². The SMILES string of the molecule is Cn1cc(-c2cc(Oc3ccc(N(C(=O)C4(C(N)=O)CC4)c4ccc(F)cc4Cl)c(F)c3)ccn2)cn1. The van der Waals surface area contributed by atoms with E-state index in [1.165, 1.54) is 18.2 Å². The number of carbonyl (C=O) groups excluding carboxylic acids is 2. The highest BCUT2D eigenvalue weighted by atomic mass is 35.5. The molecule has 8 nitrogen and oxygen atoms in total. The molecule has 2 N–H and O–H groups in total. The van der Waals surface area contributed by atoms with Crippen LogP contribution in [0.15, 0.2) is 67.1 Å². The molecule has 1 aliphatic carbocycles. The first-order chi connectivity index (χ1) is 17.7. The van der Waals surface area contributed by atoms with Gasteiger partial charge in [0.15, 0.2) is 5.82 Å². The fourth-order valence-electron chi connectivity index (χ4n) is 3.97. The van der Waals surface area contributed by atoms with E-state index in [1.54, 1.807) is 42.5 Å². The van der Waals surface area contributed by atoms with Crippen molar-refractivity contribution in [2.24, 2.45) is 18.2 Å². The number of halogens is 3. The third-order valence-electron chi connectivity index (χ3n) is 6.11. The summed E-state index contributed by atoms with van der Waals surface area (Å²) in [7, 11) is 1.79. The van der Waals surface area contributed by atoms with Crippen LogP contribution in [0.1, 0.15) is 12.8 Å². The van der Waals surface area contributed by atoms with Crippen molar-refractivity contribution < 1.29 is 23.1 Å². The summed E-state index contributed by atoms with van der Waals surface area (Å²) in [5.74, 6) is -2.46. The van der Waals surface area contributed by atoms with Crippen molar-refractivity contribution in [2.45, 2.75) is 12.8 Å². The van der Waals surface area contributed by atoms with Gasteiger partial charge in [0.05, 0.1) is 28.3 Å². The number of pyridine rings is 1. The summed E-state index contributed by atoms with van der Waals surface area (Å²) < 4.78 is 36.7. The highest BCUT2D eigenvalue weighted by Crippen LogP contribution is 2.50. The molecule has 2 heterocycles. The van der Waals surface area contributed by atoms with Gasteiger partial charge in [-0.3, -0.25) is 24.2 Å². The molecule has 0 atom stereocenters. The number of nitrogens with two attached hydrogens (primary N) is 1. The number of hydrogen-bond donors (Lipinski definition) is 1. The summed E-state index contributed by atoms with van der Waals surface area (Å²) in [6.45, 7) is 0. The number of carbonyl (C=O) groups is 2. The lowest BCUT2D eigenvalue weighted by atomic mass is 10.0. The fraction of sp³-hybridized carbons (Fsp3) is 0.154. The monoisotopic (exact) mass is 523 g/mol. The Hall–Kier alpha value is -4.31. The average molecular weight is 524 g/mol. The van der Waals surface area contributed by atoms with E-state index in [1.807, 2.05) is 0 Å². The van der Waals surface area contributed by atoms with Crippen LogP contribution in [0.4, 0.5) is 20.2 Å². The molecule has 11 heteroatoms. The van der Waals surface area contributed by atoms with Crippen LogP contribution in [0.25, 0.3) is 11.3 Å². The zero-order chi connectivity index (χ0) is 26.3. The minimum Gasteiger partial charge on any atom is -0.457 e. The van der Waals surface area contributed by atoms with Crippen molar-refractivity contribution in [3.8, 4) is 22.8 Å². The highest BCUT2D eigenvalue weighted by molar-refractivity contribution is 6.34. The van der Waals surface area contributed by atoms with E-state index in [4.69, 9.17) is 22.1 Å². The number of benzene rings is 2. The molecule has 188 valence electrons. The quantitative estimate of drug-likeness (QED) is 0.338. The lowest BCUT2D eigenvalue weighted by Crippen LogP contribution is -2.41. The second kappa shape index (κ2) is 9.29. The number of aromatic nitrogens is 3. The molecular formula is C26H20ClF2N5O3. The summed E-state index contributed by atoms with van der Waals surface area (Å²) in [5, 5.41) is 3.99. The van der Waals surface area contributed by atoms with Crippen LogP contribution >= 0.6 is 11.6 Å². The lowest BCUT2D eigenvalue weighted by Gasteiger charge is -2.27. The first kappa shape index (κ1) is 24.4. The Morgan fingerprint density at radius 1 is 1.08 bits per heavy atom. The largest absolute Gasteiger partial charge is 0.457 e. The number of nitrogens with zero attached hydrogens (tertiary/aromatic N) is 4. The third kappa shape index (κ3) is 4.63. The van der Waals surface area contributed by atoms with E-state index in [2.05, 4.69) is 10.1 Å². The van der Waals surface area contributed by atoms with Crippen molar-refractivity contribution in [2.75, 3.05) is 4.90 Å². The second-order valence-electron chi connectivity index (χ2n) is 8.68. The van der Waals surface area contributed by atoms with Gasteiger partial charge in [0.25, 0.3) is 0 Å². The molecule has 4 aromatic rings. The Labute approximate surface area is 215 Å². The first-order valence-corrected chi connectivity index (χ1v) is 11.6. The number of primary amides is 1. The predicted molar refractivity (Wildman–Crippen MR) is 132 cm³/mol. The molecule has 0 spiro atoms. The number of aryl methyl sites for hydroxylation is 1. The van der Waals surface area contributed by atoms with Crippen molar-refractivity contribution >= 4 is 34.8 Å². The Balaban J connectivity index is 1.49. The summed E-state index contributed by atoms with van der Waals surface area (Å²) in [6.07, 6.45) is 5.45. The molecule has 1 aliphatic rings. The molecule has 2 amide bonds. The lowest BCUT2D eigenvalue weighted by molar-refractivity contribution is -0.133. The van der Waals surface area contributed by atoms with Crippen LogP contribution in [0.2, 0.25) is 5.02 Å². The van der Waals surface area contributed by atoms with Gasteiger partial charge >= 0.3 is 0 Å². The van der Waals surface area contributed by atoms with Crippen LogP contribution in [-0.2, 0) is 16.6 Å². The van der Waals surface area contributed by atoms with Crippen LogP contribution in [0, 0.1) is 17.0 Å². The van der Waals surface area contributed by atoms with Crippen molar-refractivity contribution in [3.05, 3.63) is 83.8 Å². The third-order valence-corrected chi connectivity index (χ3v) is 6.42. The van der Waals surface area contributed by atoms with E-state index in [0.717, 1.165) is 28.7 Å². The summed E-state index contributed by atoms with van der Waals surface area (Å²) >= 11 is 6.22. The minimum atomic E-state index is -1.47. The molecule has 0 saturated heterocycles. The molecular weight excluding hydrogens is 504 g/mol. The number of anilines is 2.